The number of hydrogen-bond donors (Lipinski definition) is 2. The molecule has 110 valence electrons. The summed E-state index contributed by atoms with van der Waals surface area (Å²) in [5, 5.41) is 11.7. The van der Waals surface area contributed by atoms with Crippen LogP contribution in [0.3, 0.4) is 0 Å². The van der Waals surface area contributed by atoms with Crippen molar-refractivity contribution < 1.29 is 19.4 Å². The fraction of sp³-hybridized carbons (Fsp3) is 0.467. The van der Waals surface area contributed by atoms with E-state index < -0.39 is 11.4 Å². The summed E-state index contributed by atoms with van der Waals surface area (Å²) in [7, 11) is 1.58. The Labute approximate surface area is 118 Å². The van der Waals surface area contributed by atoms with E-state index in [4.69, 9.17) is 9.84 Å². The standard InChI is InChI=1S/C15H21NO4/c1-10(11-5-7-12(20-4)8-6-11)13(17)16-9-15(2,3)14(18)19/h5-8,10H,9H2,1-4H3,(H,16,17)(H,18,19). The molecular weight excluding hydrogens is 258 g/mol. The van der Waals surface area contributed by atoms with Crippen molar-refractivity contribution in [2.45, 2.75) is 26.7 Å². The monoisotopic (exact) mass is 279 g/mol. The summed E-state index contributed by atoms with van der Waals surface area (Å²) in [6, 6.07) is 7.23. The third-order valence-corrected chi connectivity index (χ3v) is 3.29. The minimum absolute atomic E-state index is 0.0989. The zero-order chi connectivity index (χ0) is 15.3. The van der Waals surface area contributed by atoms with Gasteiger partial charge in [0.05, 0.1) is 18.4 Å². The molecule has 5 heteroatoms. The van der Waals surface area contributed by atoms with E-state index in [9.17, 15) is 9.59 Å². The molecule has 0 heterocycles. The molecule has 0 bridgehead atoms. The van der Waals surface area contributed by atoms with E-state index in [0.717, 1.165) is 11.3 Å². The first kappa shape index (κ1) is 16.0. The Morgan fingerprint density at radius 1 is 1.30 bits per heavy atom. The van der Waals surface area contributed by atoms with E-state index in [2.05, 4.69) is 5.32 Å². The molecule has 20 heavy (non-hydrogen) atoms. The molecule has 0 saturated carbocycles. The van der Waals surface area contributed by atoms with E-state index in [-0.39, 0.29) is 18.4 Å². The number of ether oxygens (including phenoxy) is 1. The molecule has 1 atom stereocenters. The molecule has 0 aliphatic rings. The lowest BCUT2D eigenvalue weighted by atomic mass is 9.93. The maximum absolute atomic E-state index is 12.0. The normalized spacial score (nSPS) is 12.6. The molecule has 0 spiro atoms. The summed E-state index contributed by atoms with van der Waals surface area (Å²) in [6.45, 7) is 5.04. The second-order valence-electron chi connectivity index (χ2n) is 5.40. The minimum Gasteiger partial charge on any atom is -0.497 e. The van der Waals surface area contributed by atoms with Gasteiger partial charge in [0.1, 0.15) is 5.75 Å². The topological polar surface area (TPSA) is 75.6 Å². The van der Waals surface area contributed by atoms with Crippen LogP contribution in [0.1, 0.15) is 32.3 Å². The summed E-state index contributed by atoms with van der Waals surface area (Å²) >= 11 is 0. The maximum atomic E-state index is 12.0. The van der Waals surface area contributed by atoms with Crippen molar-refractivity contribution in [2.75, 3.05) is 13.7 Å². The summed E-state index contributed by atoms with van der Waals surface area (Å²) in [6.07, 6.45) is 0. The van der Waals surface area contributed by atoms with Crippen LogP contribution in [0.25, 0.3) is 0 Å². The number of carboxylic acid groups (broad SMARTS) is 1. The SMILES string of the molecule is COc1ccc(C(C)C(=O)NCC(C)(C)C(=O)O)cc1. The molecule has 0 aliphatic carbocycles. The zero-order valence-corrected chi connectivity index (χ0v) is 12.3. The van der Waals surface area contributed by atoms with Crippen LogP contribution in [0.2, 0.25) is 0 Å². The Bertz CT molecular complexity index is 479. The number of carbonyl (C=O) groups excluding carboxylic acids is 1. The number of methoxy groups -OCH3 is 1. The molecule has 1 amide bonds. The van der Waals surface area contributed by atoms with E-state index in [1.165, 1.54) is 0 Å². The molecule has 1 rings (SSSR count). The Balaban J connectivity index is 2.65. The van der Waals surface area contributed by atoms with Crippen LogP contribution in [-0.4, -0.2) is 30.6 Å². The van der Waals surface area contributed by atoms with Gasteiger partial charge in [0, 0.05) is 6.54 Å². The summed E-state index contributed by atoms with van der Waals surface area (Å²) in [5.74, 6) is -0.738. The van der Waals surface area contributed by atoms with Gasteiger partial charge in [-0.1, -0.05) is 12.1 Å². The number of aliphatic carboxylic acids is 1. The Morgan fingerprint density at radius 3 is 2.30 bits per heavy atom. The van der Waals surface area contributed by atoms with Gasteiger partial charge >= 0.3 is 5.97 Å². The third-order valence-electron chi connectivity index (χ3n) is 3.29. The highest BCUT2D eigenvalue weighted by Gasteiger charge is 2.28. The van der Waals surface area contributed by atoms with Gasteiger partial charge in [-0.15, -0.1) is 0 Å². The van der Waals surface area contributed by atoms with Crippen LogP contribution < -0.4 is 10.1 Å². The fourth-order valence-electron chi connectivity index (χ4n) is 1.58. The molecule has 0 saturated heterocycles. The molecule has 1 aromatic carbocycles. The maximum Gasteiger partial charge on any atom is 0.310 e. The van der Waals surface area contributed by atoms with Crippen molar-refractivity contribution >= 4 is 11.9 Å². The van der Waals surface area contributed by atoms with E-state index in [1.807, 2.05) is 12.1 Å². The smallest absolute Gasteiger partial charge is 0.310 e. The molecule has 1 aromatic rings. The van der Waals surface area contributed by atoms with Gasteiger partial charge in [0.2, 0.25) is 5.91 Å². The van der Waals surface area contributed by atoms with Gasteiger partial charge in [0.15, 0.2) is 0 Å². The highest BCUT2D eigenvalue weighted by Crippen LogP contribution is 2.20. The van der Waals surface area contributed by atoms with Crippen LogP contribution >= 0.6 is 0 Å². The molecule has 0 radical (unpaired) electrons. The van der Waals surface area contributed by atoms with Gasteiger partial charge in [-0.05, 0) is 38.5 Å². The van der Waals surface area contributed by atoms with Gasteiger partial charge in [-0.2, -0.15) is 0 Å². The van der Waals surface area contributed by atoms with Gasteiger partial charge in [0.25, 0.3) is 0 Å². The van der Waals surface area contributed by atoms with Crippen LogP contribution in [0.15, 0.2) is 24.3 Å². The Hall–Kier alpha value is -2.04. The molecule has 0 fully saturated rings. The molecule has 2 N–H and O–H groups in total. The van der Waals surface area contributed by atoms with Crippen LogP contribution in [0.4, 0.5) is 0 Å². The number of amides is 1. The van der Waals surface area contributed by atoms with Crippen molar-refractivity contribution in [1.82, 2.24) is 5.32 Å². The van der Waals surface area contributed by atoms with Crippen molar-refractivity contribution in [2.24, 2.45) is 5.41 Å². The van der Waals surface area contributed by atoms with Crippen LogP contribution in [0.5, 0.6) is 5.75 Å². The van der Waals surface area contributed by atoms with Gasteiger partial charge < -0.3 is 15.2 Å². The highest BCUT2D eigenvalue weighted by atomic mass is 16.5. The minimum atomic E-state index is -0.977. The number of carbonyl (C=O) groups is 2. The van der Waals surface area contributed by atoms with E-state index in [0.29, 0.717) is 0 Å². The largest absolute Gasteiger partial charge is 0.497 e. The summed E-state index contributed by atoms with van der Waals surface area (Å²) in [5.41, 5.74) is -0.119. The lowest BCUT2D eigenvalue weighted by molar-refractivity contribution is -0.146. The molecule has 1 unspecified atom stereocenters. The van der Waals surface area contributed by atoms with E-state index >= 15 is 0 Å². The third kappa shape index (κ3) is 3.98. The second kappa shape index (κ2) is 6.41. The predicted molar refractivity (Wildman–Crippen MR) is 75.8 cm³/mol. The Morgan fingerprint density at radius 2 is 1.85 bits per heavy atom. The van der Waals surface area contributed by atoms with Crippen molar-refractivity contribution in [3.05, 3.63) is 29.8 Å². The van der Waals surface area contributed by atoms with Crippen LogP contribution in [0, 0.1) is 5.41 Å². The number of carboxylic acids is 1. The quantitative estimate of drug-likeness (QED) is 0.835. The molecule has 0 aliphatic heterocycles. The number of nitrogens with one attached hydrogen (secondary N) is 1. The molecule has 5 nitrogen and oxygen atoms in total. The van der Waals surface area contributed by atoms with Crippen molar-refractivity contribution in [1.29, 1.82) is 0 Å². The van der Waals surface area contributed by atoms with Crippen molar-refractivity contribution in [3.8, 4) is 5.75 Å². The fourth-order valence-corrected chi connectivity index (χ4v) is 1.58. The van der Waals surface area contributed by atoms with Gasteiger partial charge in [-0.3, -0.25) is 9.59 Å². The average Bonchev–Trinajstić information content (AvgIpc) is 2.44. The number of rotatable bonds is 6. The van der Waals surface area contributed by atoms with Crippen molar-refractivity contribution in [3.63, 3.8) is 0 Å². The summed E-state index contributed by atoms with van der Waals surface area (Å²) < 4.78 is 5.06. The molecule has 0 aromatic heterocycles. The van der Waals surface area contributed by atoms with Crippen LogP contribution in [-0.2, 0) is 9.59 Å². The first-order valence-electron chi connectivity index (χ1n) is 6.43. The zero-order valence-electron chi connectivity index (χ0n) is 12.3. The first-order valence-corrected chi connectivity index (χ1v) is 6.43. The lowest BCUT2D eigenvalue weighted by Gasteiger charge is -2.21. The number of benzene rings is 1. The second-order valence-corrected chi connectivity index (χ2v) is 5.40. The lowest BCUT2D eigenvalue weighted by Crippen LogP contribution is -2.40. The predicted octanol–water partition coefficient (Wildman–Crippen LogP) is 2.03. The van der Waals surface area contributed by atoms with Gasteiger partial charge in [-0.25, -0.2) is 0 Å². The molecular formula is C15H21NO4. The summed E-state index contributed by atoms with van der Waals surface area (Å²) in [4.78, 5) is 23.0. The Kier molecular flexibility index (Phi) is 5.13. The average molecular weight is 279 g/mol. The van der Waals surface area contributed by atoms with E-state index in [1.54, 1.807) is 40.0 Å². The highest BCUT2D eigenvalue weighted by molar-refractivity contribution is 5.84. The first-order chi connectivity index (χ1) is 9.27. The number of hydrogen-bond acceptors (Lipinski definition) is 3.